The number of carbonyl (C=O) groups is 2. The lowest BCUT2D eigenvalue weighted by molar-refractivity contribution is -0.117. The summed E-state index contributed by atoms with van der Waals surface area (Å²) in [4.78, 5) is 25.2. The van der Waals surface area contributed by atoms with Crippen molar-refractivity contribution < 1.29 is 14.7 Å². The number of amides is 1. The van der Waals surface area contributed by atoms with Gasteiger partial charge in [0.1, 0.15) is 0 Å². The number of aliphatic hydroxyl groups is 1. The van der Waals surface area contributed by atoms with Gasteiger partial charge in [-0.05, 0) is 25.5 Å². The number of carbonyl (C=O) groups excluding carboxylic acids is 2. The van der Waals surface area contributed by atoms with Crippen molar-refractivity contribution in [3.05, 3.63) is 29.8 Å². The summed E-state index contributed by atoms with van der Waals surface area (Å²) in [6.07, 6.45) is 0.370. The zero-order valence-electron chi connectivity index (χ0n) is 10.9. The second kappa shape index (κ2) is 5.95. The number of benzene rings is 1. The molecule has 19 heavy (non-hydrogen) atoms. The molecule has 0 bridgehead atoms. The second-order valence-electron chi connectivity index (χ2n) is 4.83. The number of ketones is 1. The average Bonchev–Trinajstić information content (AvgIpc) is 2.75. The predicted molar refractivity (Wildman–Crippen MR) is 72.1 cm³/mol. The Morgan fingerprint density at radius 1 is 1.42 bits per heavy atom. The minimum absolute atomic E-state index is 0.0764. The normalized spacial score (nSPS) is 19.4. The molecule has 5 nitrogen and oxygen atoms in total. The SMILES string of the molecule is CC(=O)c1ccccc1NC(=O)CN1CC[C@H](O)C1. The zero-order chi connectivity index (χ0) is 13.8. The van der Waals surface area contributed by atoms with Crippen molar-refractivity contribution in [2.24, 2.45) is 0 Å². The number of β-amino-alcohol motifs (C(OH)–C–C–N with tert-alkyl or cyclic N) is 1. The highest BCUT2D eigenvalue weighted by atomic mass is 16.3. The van der Waals surface area contributed by atoms with Crippen LogP contribution in [0.5, 0.6) is 0 Å². The summed E-state index contributed by atoms with van der Waals surface area (Å²) in [5.41, 5.74) is 1.05. The molecule has 0 aliphatic carbocycles. The van der Waals surface area contributed by atoms with Crippen LogP contribution < -0.4 is 5.32 Å². The van der Waals surface area contributed by atoms with E-state index in [9.17, 15) is 14.7 Å². The van der Waals surface area contributed by atoms with Gasteiger partial charge >= 0.3 is 0 Å². The number of hydrogen-bond acceptors (Lipinski definition) is 4. The maximum absolute atomic E-state index is 11.9. The molecule has 5 heteroatoms. The van der Waals surface area contributed by atoms with Gasteiger partial charge in [-0.15, -0.1) is 0 Å². The van der Waals surface area contributed by atoms with Crippen molar-refractivity contribution in [3.63, 3.8) is 0 Å². The van der Waals surface area contributed by atoms with Crippen molar-refractivity contribution in [3.8, 4) is 0 Å². The Morgan fingerprint density at radius 2 is 2.16 bits per heavy atom. The van der Waals surface area contributed by atoms with E-state index in [2.05, 4.69) is 5.32 Å². The monoisotopic (exact) mass is 262 g/mol. The van der Waals surface area contributed by atoms with Crippen LogP contribution >= 0.6 is 0 Å². The fraction of sp³-hybridized carbons (Fsp3) is 0.429. The van der Waals surface area contributed by atoms with E-state index in [0.29, 0.717) is 24.2 Å². The fourth-order valence-corrected chi connectivity index (χ4v) is 2.25. The molecule has 1 aromatic carbocycles. The first kappa shape index (κ1) is 13.7. The van der Waals surface area contributed by atoms with Gasteiger partial charge in [-0.25, -0.2) is 0 Å². The molecule has 1 atom stereocenters. The summed E-state index contributed by atoms with van der Waals surface area (Å²) >= 11 is 0. The van der Waals surface area contributed by atoms with Crippen LogP contribution in [0.2, 0.25) is 0 Å². The molecule has 2 N–H and O–H groups in total. The van der Waals surface area contributed by atoms with E-state index >= 15 is 0 Å². The van der Waals surface area contributed by atoms with Crippen molar-refractivity contribution in [2.75, 3.05) is 25.0 Å². The third-order valence-corrected chi connectivity index (χ3v) is 3.20. The van der Waals surface area contributed by atoms with Crippen molar-refractivity contribution in [2.45, 2.75) is 19.4 Å². The van der Waals surface area contributed by atoms with Crippen LogP contribution in [0.4, 0.5) is 5.69 Å². The third kappa shape index (κ3) is 3.62. The van der Waals surface area contributed by atoms with Crippen LogP contribution in [0.25, 0.3) is 0 Å². The predicted octanol–water partition coefficient (Wildman–Crippen LogP) is 0.894. The summed E-state index contributed by atoms with van der Waals surface area (Å²) in [6, 6.07) is 6.95. The van der Waals surface area contributed by atoms with E-state index in [0.717, 1.165) is 6.54 Å². The molecule has 2 rings (SSSR count). The van der Waals surface area contributed by atoms with E-state index in [1.807, 2.05) is 4.90 Å². The number of nitrogens with one attached hydrogen (secondary N) is 1. The number of para-hydroxylation sites is 1. The largest absolute Gasteiger partial charge is 0.392 e. The van der Waals surface area contributed by atoms with E-state index in [1.165, 1.54) is 6.92 Å². The smallest absolute Gasteiger partial charge is 0.238 e. The zero-order valence-corrected chi connectivity index (χ0v) is 10.9. The highest BCUT2D eigenvalue weighted by Gasteiger charge is 2.22. The van der Waals surface area contributed by atoms with E-state index in [1.54, 1.807) is 24.3 Å². The summed E-state index contributed by atoms with van der Waals surface area (Å²) in [6.45, 7) is 2.97. The van der Waals surface area contributed by atoms with Gasteiger partial charge in [0.25, 0.3) is 0 Å². The molecule has 0 spiro atoms. The molecule has 1 aromatic rings. The Bertz CT molecular complexity index is 487. The lowest BCUT2D eigenvalue weighted by Crippen LogP contribution is -2.32. The first-order chi connectivity index (χ1) is 9.06. The Balaban J connectivity index is 1.97. The highest BCUT2D eigenvalue weighted by Crippen LogP contribution is 2.16. The first-order valence-corrected chi connectivity index (χ1v) is 6.36. The molecule has 1 amide bonds. The summed E-state index contributed by atoms with van der Waals surface area (Å²) in [5, 5.41) is 12.2. The van der Waals surface area contributed by atoms with E-state index in [-0.39, 0.29) is 24.3 Å². The van der Waals surface area contributed by atoms with Crippen LogP contribution in [0.15, 0.2) is 24.3 Å². The minimum atomic E-state index is -0.336. The number of aliphatic hydroxyl groups excluding tert-OH is 1. The van der Waals surface area contributed by atoms with Crippen LogP contribution in [0, 0.1) is 0 Å². The third-order valence-electron chi connectivity index (χ3n) is 3.20. The molecular weight excluding hydrogens is 244 g/mol. The molecule has 1 saturated heterocycles. The fourth-order valence-electron chi connectivity index (χ4n) is 2.25. The van der Waals surface area contributed by atoms with Crippen LogP contribution in [0.3, 0.4) is 0 Å². The number of nitrogens with zero attached hydrogens (tertiary/aromatic N) is 1. The molecule has 102 valence electrons. The second-order valence-corrected chi connectivity index (χ2v) is 4.83. The van der Waals surface area contributed by atoms with Gasteiger partial charge in [0.05, 0.1) is 18.3 Å². The lowest BCUT2D eigenvalue weighted by atomic mass is 10.1. The number of likely N-dealkylation sites (tertiary alicyclic amines) is 1. The molecule has 1 fully saturated rings. The first-order valence-electron chi connectivity index (χ1n) is 6.36. The minimum Gasteiger partial charge on any atom is -0.392 e. The van der Waals surface area contributed by atoms with Crippen molar-refractivity contribution >= 4 is 17.4 Å². The molecule has 0 aromatic heterocycles. The highest BCUT2D eigenvalue weighted by molar-refractivity contribution is 6.04. The standard InChI is InChI=1S/C14H18N2O3/c1-10(17)12-4-2-3-5-13(12)15-14(19)9-16-7-6-11(18)8-16/h2-5,11,18H,6-9H2,1H3,(H,15,19)/t11-/m0/s1. The molecule has 1 aliphatic rings. The molecule has 0 radical (unpaired) electrons. The van der Waals surface area contributed by atoms with Crippen LogP contribution in [-0.2, 0) is 4.79 Å². The Labute approximate surface area is 112 Å². The van der Waals surface area contributed by atoms with Gasteiger partial charge in [0.15, 0.2) is 5.78 Å². The molecule has 0 saturated carbocycles. The molecule has 1 heterocycles. The number of hydrogen-bond donors (Lipinski definition) is 2. The van der Waals surface area contributed by atoms with Gasteiger partial charge in [-0.2, -0.15) is 0 Å². The molecular formula is C14H18N2O3. The topological polar surface area (TPSA) is 69.6 Å². The molecule has 1 aliphatic heterocycles. The summed E-state index contributed by atoms with van der Waals surface area (Å²) in [5.74, 6) is -0.240. The van der Waals surface area contributed by atoms with Gasteiger partial charge in [-0.1, -0.05) is 12.1 Å². The Kier molecular flexibility index (Phi) is 4.29. The average molecular weight is 262 g/mol. The molecule has 0 unspecified atom stereocenters. The Hall–Kier alpha value is -1.72. The van der Waals surface area contributed by atoms with E-state index in [4.69, 9.17) is 0 Å². The number of rotatable bonds is 4. The van der Waals surface area contributed by atoms with Crippen molar-refractivity contribution in [1.82, 2.24) is 4.90 Å². The van der Waals surface area contributed by atoms with Gasteiger partial charge < -0.3 is 10.4 Å². The van der Waals surface area contributed by atoms with Crippen LogP contribution in [-0.4, -0.2) is 47.4 Å². The number of anilines is 1. The van der Waals surface area contributed by atoms with Crippen LogP contribution in [0.1, 0.15) is 23.7 Å². The van der Waals surface area contributed by atoms with Crippen molar-refractivity contribution in [1.29, 1.82) is 0 Å². The maximum Gasteiger partial charge on any atom is 0.238 e. The quantitative estimate of drug-likeness (QED) is 0.791. The summed E-state index contributed by atoms with van der Waals surface area (Å²) < 4.78 is 0. The van der Waals surface area contributed by atoms with Gasteiger partial charge in [0, 0.05) is 18.7 Å². The van der Waals surface area contributed by atoms with E-state index < -0.39 is 0 Å². The lowest BCUT2D eigenvalue weighted by Gasteiger charge is -2.15. The van der Waals surface area contributed by atoms with Gasteiger partial charge in [-0.3, -0.25) is 14.5 Å². The number of Topliss-reactive ketones (excluding diaryl/α,β-unsaturated/α-hetero) is 1. The van der Waals surface area contributed by atoms with Gasteiger partial charge in [0.2, 0.25) is 5.91 Å². The Morgan fingerprint density at radius 3 is 2.79 bits per heavy atom. The summed E-state index contributed by atoms with van der Waals surface area (Å²) in [7, 11) is 0. The maximum atomic E-state index is 11.9.